The summed E-state index contributed by atoms with van der Waals surface area (Å²) < 4.78 is 26.8. The number of aromatic nitrogens is 2. The van der Waals surface area contributed by atoms with Crippen LogP contribution in [0.1, 0.15) is 6.92 Å². The van der Waals surface area contributed by atoms with Crippen molar-refractivity contribution >= 4 is 20.9 Å². The number of nitrogens with zero attached hydrogens (tertiary/aromatic N) is 1. The molecule has 1 aliphatic rings. The first-order valence-corrected chi connectivity index (χ1v) is 8.64. The molecule has 3 rings (SSSR count). The van der Waals surface area contributed by atoms with Gasteiger partial charge in [0.15, 0.2) is 0 Å². The van der Waals surface area contributed by atoms with Gasteiger partial charge in [0, 0.05) is 19.7 Å². The topological polar surface area (TPSA) is 123 Å². The molecule has 8 nitrogen and oxygen atoms in total. The zero-order valence-electron chi connectivity index (χ0n) is 12.4. The summed E-state index contributed by atoms with van der Waals surface area (Å²) in [6.07, 6.45) is 0. The average molecular weight is 339 g/mol. The monoisotopic (exact) mass is 339 g/mol. The maximum atomic E-state index is 12.7. The van der Waals surface area contributed by atoms with Gasteiger partial charge in [-0.3, -0.25) is 9.78 Å². The maximum Gasteiger partial charge on any atom is 0.326 e. The lowest BCUT2D eigenvalue weighted by molar-refractivity contribution is 0.210. The fourth-order valence-electron chi connectivity index (χ4n) is 2.87. The van der Waals surface area contributed by atoms with Gasteiger partial charge in [-0.05, 0) is 30.0 Å². The fraction of sp³-hybridized carbons (Fsp3) is 0.429. The van der Waals surface area contributed by atoms with Gasteiger partial charge in [-0.1, -0.05) is 6.92 Å². The van der Waals surface area contributed by atoms with Gasteiger partial charge in [0.2, 0.25) is 10.0 Å². The summed E-state index contributed by atoms with van der Waals surface area (Å²) in [6, 6.07) is 4.03. The van der Waals surface area contributed by atoms with Crippen LogP contribution in [0, 0.1) is 11.8 Å². The summed E-state index contributed by atoms with van der Waals surface area (Å²) in [6.45, 7) is 2.41. The summed E-state index contributed by atoms with van der Waals surface area (Å²) in [7, 11) is -3.76. The molecule has 0 radical (unpaired) electrons. The minimum atomic E-state index is -3.76. The summed E-state index contributed by atoms with van der Waals surface area (Å²) >= 11 is 0. The normalized spacial score (nSPS) is 22.7. The number of hydrogen-bond donors (Lipinski definition) is 3. The Labute approximate surface area is 131 Å². The van der Waals surface area contributed by atoms with E-state index in [2.05, 4.69) is 9.97 Å². The predicted octanol–water partition coefficient (Wildman–Crippen LogP) is -0.535. The molecule has 124 valence electrons. The van der Waals surface area contributed by atoms with Gasteiger partial charge in [-0.15, -0.1) is 0 Å². The lowest BCUT2D eigenvalue weighted by Crippen LogP contribution is -2.30. The molecule has 2 atom stereocenters. The summed E-state index contributed by atoms with van der Waals surface area (Å²) in [5, 5.41) is 9.40. The molecule has 0 unspecified atom stereocenters. The third-order valence-electron chi connectivity index (χ3n) is 4.32. The van der Waals surface area contributed by atoms with Gasteiger partial charge in [-0.25, -0.2) is 13.2 Å². The fourth-order valence-corrected chi connectivity index (χ4v) is 4.50. The summed E-state index contributed by atoms with van der Waals surface area (Å²) in [4.78, 5) is 27.6. The van der Waals surface area contributed by atoms with Crippen molar-refractivity contribution in [2.75, 3.05) is 19.7 Å². The van der Waals surface area contributed by atoms with E-state index in [9.17, 15) is 23.1 Å². The van der Waals surface area contributed by atoms with Crippen LogP contribution >= 0.6 is 0 Å². The molecule has 0 bridgehead atoms. The smallest absolute Gasteiger partial charge is 0.326 e. The van der Waals surface area contributed by atoms with Crippen LogP contribution in [0.15, 0.2) is 32.7 Å². The lowest BCUT2D eigenvalue weighted by atomic mass is 10.00. The molecule has 1 fully saturated rings. The molecule has 9 heteroatoms. The van der Waals surface area contributed by atoms with Crippen molar-refractivity contribution in [3.05, 3.63) is 39.0 Å². The molecular formula is C14H17N3O5S. The highest BCUT2D eigenvalue weighted by Gasteiger charge is 2.36. The molecule has 2 heterocycles. The van der Waals surface area contributed by atoms with Crippen molar-refractivity contribution in [3.8, 4) is 0 Å². The molecule has 1 aliphatic heterocycles. The number of aliphatic hydroxyl groups is 1. The van der Waals surface area contributed by atoms with Gasteiger partial charge in [0.05, 0.1) is 15.8 Å². The van der Waals surface area contributed by atoms with E-state index in [1.54, 1.807) is 0 Å². The number of fused-ring (bicyclic) bond motifs is 1. The zero-order valence-corrected chi connectivity index (χ0v) is 13.3. The summed E-state index contributed by atoms with van der Waals surface area (Å²) in [5.41, 5.74) is -0.998. The van der Waals surface area contributed by atoms with Crippen molar-refractivity contribution in [3.63, 3.8) is 0 Å². The van der Waals surface area contributed by atoms with E-state index < -0.39 is 21.3 Å². The van der Waals surface area contributed by atoms with Crippen LogP contribution in [0.4, 0.5) is 0 Å². The van der Waals surface area contributed by atoms with E-state index in [-0.39, 0.29) is 40.8 Å². The van der Waals surface area contributed by atoms with E-state index in [1.807, 2.05) is 6.92 Å². The Balaban J connectivity index is 2.06. The van der Waals surface area contributed by atoms with Crippen LogP contribution in [0.5, 0.6) is 0 Å². The van der Waals surface area contributed by atoms with Crippen LogP contribution in [0.2, 0.25) is 0 Å². The third kappa shape index (κ3) is 2.71. The van der Waals surface area contributed by atoms with E-state index in [0.29, 0.717) is 6.54 Å². The Hall–Kier alpha value is -1.97. The van der Waals surface area contributed by atoms with Crippen LogP contribution < -0.4 is 11.2 Å². The zero-order chi connectivity index (χ0) is 16.8. The first-order valence-electron chi connectivity index (χ1n) is 7.20. The van der Waals surface area contributed by atoms with Crippen LogP contribution in [-0.2, 0) is 10.0 Å². The van der Waals surface area contributed by atoms with Gasteiger partial charge >= 0.3 is 5.69 Å². The number of sulfonamides is 1. The second-order valence-electron chi connectivity index (χ2n) is 5.86. The first-order chi connectivity index (χ1) is 10.8. The van der Waals surface area contributed by atoms with Gasteiger partial charge < -0.3 is 10.1 Å². The van der Waals surface area contributed by atoms with Crippen molar-refractivity contribution in [1.29, 1.82) is 0 Å². The third-order valence-corrected chi connectivity index (χ3v) is 6.15. The van der Waals surface area contributed by atoms with E-state index >= 15 is 0 Å². The van der Waals surface area contributed by atoms with Crippen molar-refractivity contribution < 1.29 is 13.5 Å². The average Bonchev–Trinajstić information content (AvgIpc) is 2.88. The standard InChI is InChI=1S/C14H17N3O5S/c1-8-5-17(6-9(8)7-18)23(21,22)10-2-3-12-11(4-10)13(19)16-14(20)15-12/h2-4,8-9,18H,5-7H2,1H3,(H2,15,16,19,20)/t8-,9+/m1/s1. The molecule has 0 saturated carbocycles. The minimum absolute atomic E-state index is 0.00617. The number of rotatable bonds is 3. The highest BCUT2D eigenvalue weighted by Crippen LogP contribution is 2.28. The Morgan fingerprint density at radius 3 is 2.65 bits per heavy atom. The number of aromatic amines is 2. The molecule has 1 aromatic heterocycles. The van der Waals surface area contributed by atoms with Crippen LogP contribution in [0.3, 0.4) is 0 Å². The second-order valence-corrected chi connectivity index (χ2v) is 7.80. The molecule has 3 N–H and O–H groups in total. The predicted molar refractivity (Wildman–Crippen MR) is 83.7 cm³/mol. The van der Waals surface area contributed by atoms with Crippen molar-refractivity contribution in [2.24, 2.45) is 11.8 Å². The molecular weight excluding hydrogens is 322 g/mol. The molecule has 0 aliphatic carbocycles. The van der Waals surface area contributed by atoms with Crippen LogP contribution in [-0.4, -0.2) is 47.5 Å². The van der Waals surface area contributed by atoms with E-state index in [0.717, 1.165) is 0 Å². The number of H-pyrrole nitrogens is 2. The minimum Gasteiger partial charge on any atom is -0.396 e. The molecule has 1 saturated heterocycles. The lowest BCUT2D eigenvalue weighted by Gasteiger charge is -2.16. The SMILES string of the molecule is C[C@@H]1CN(S(=O)(=O)c2ccc3[nH]c(=O)[nH]c(=O)c3c2)C[C@H]1CO. The molecule has 0 spiro atoms. The number of hydrogen-bond acceptors (Lipinski definition) is 5. The van der Waals surface area contributed by atoms with E-state index in [1.165, 1.54) is 22.5 Å². The molecule has 1 aromatic carbocycles. The van der Waals surface area contributed by atoms with Gasteiger partial charge in [0.25, 0.3) is 5.56 Å². The molecule has 2 aromatic rings. The summed E-state index contributed by atoms with van der Waals surface area (Å²) in [5.74, 6) is -0.0278. The first kappa shape index (κ1) is 15.9. The highest BCUT2D eigenvalue weighted by molar-refractivity contribution is 7.89. The Morgan fingerprint density at radius 2 is 2.00 bits per heavy atom. The maximum absolute atomic E-state index is 12.7. The number of aliphatic hydroxyl groups excluding tert-OH is 1. The van der Waals surface area contributed by atoms with Gasteiger partial charge in [-0.2, -0.15) is 4.31 Å². The molecule has 23 heavy (non-hydrogen) atoms. The van der Waals surface area contributed by atoms with Gasteiger partial charge in [0.1, 0.15) is 0 Å². The number of benzene rings is 1. The Morgan fingerprint density at radius 1 is 1.26 bits per heavy atom. The van der Waals surface area contributed by atoms with E-state index in [4.69, 9.17) is 0 Å². The largest absolute Gasteiger partial charge is 0.396 e. The van der Waals surface area contributed by atoms with Crippen molar-refractivity contribution in [1.82, 2.24) is 14.3 Å². The Bertz CT molecular complexity index is 962. The quantitative estimate of drug-likeness (QED) is 0.693. The highest BCUT2D eigenvalue weighted by atomic mass is 32.2. The van der Waals surface area contributed by atoms with Crippen molar-refractivity contribution in [2.45, 2.75) is 11.8 Å². The number of nitrogens with one attached hydrogen (secondary N) is 2. The second kappa shape index (κ2) is 5.59. The Kier molecular flexibility index (Phi) is 3.86. The van der Waals surface area contributed by atoms with Crippen LogP contribution in [0.25, 0.3) is 10.9 Å². The molecule has 0 amide bonds.